The maximum Gasteiger partial charge on any atom is 0.266 e. The molecular weight excluding hydrogens is 332 g/mol. The van der Waals surface area contributed by atoms with Gasteiger partial charge in [0.25, 0.3) is 5.56 Å². The van der Waals surface area contributed by atoms with Crippen molar-refractivity contribution in [3.05, 3.63) is 49.0 Å². The highest BCUT2D eigenvalue weighted by Crippen LogP contribution is 2.30. The molecule has 0 aromatic carbocycles. The molecule has 0 unspecified atom stereocenters. The molecule has 2 heterocycles. The van der Waals surface area contributed by atoms with Gasteiger partial charge in [0.1, 0.15) is 5.02 Å². The number of halogens is 1. The molecule has 0 bridgehead atoms. The van der Waals surface area contributed by atoms with E-state index in [4.69, 9.17) is 11.6 Å². The second kappa shape index (κ2) is 5.57. The van der Waals surface area contributed by atoms with Gasteiger partial charge in [-0.2, -0.15) is 0 Å². The molecule has 0 spiro atoms. The van der Waals surface area contributed by atoms with Crippen LogP contribution in [0.5, 0.6) is 0 Å². The van der Waals surface area contributed by atoms with Crippen molar-refractivity contribution in [2.24, 2.45) is 0 Å². The minimum Gasteiger partial charge on any atom is -0.326 e. The van der Waals surface area contributed by atoms with Crippen LogP contribution in [0.25, 0.3) is 0 Å². The Morgan fingerprint density at radius 1 is 1.33 bits per heavy atom. The number of aryl methyl sites for hydroxylation is 2. The Hall–Kier alpha value is -1.15. The van der Waals surface area contributed by atoms with Crippen molar-refractivity contribution in [1.82, 2.24) is 9.71 Å². The largest absolute Gasteiger partial charge is 0.326 e. The van der Waals surface area contributed by atoms with Crippen molar-refractivity contribution in [1.29, 1.82) is 0 Å². The summed E-state index contributed by atoms with van der Waals surface area (Å²) in [6.07, 6.45) is 4.49. The van der Waals surface area contributed by atoms with E-state index in [9.17, 15) is 13.2 Å². The number of rotatable bonds is 4. The fraction of sp³-hybridized carbons (Fsp3) is 0.308. The Labute approximate surface area is 131 Å². The molecule has 2 aromatic rings. The molecule has 1 aliphatic carbocycles. The quantitative estimate of drug-likeness (QED) is 0.891. The molecule has 112 valence electrons. The molecule has 3 rings (SSSR count). The predicted molar refractivity (Wildman–Crippen MR) is 82.4 cm³/mol. The van der Waals surface area contributed by atoms with E-state index in [0.29, 0.717) is 0 Å². The van der Waals surface area contributed by atoms with E-state index >= 15 is 0 Å². The summed E-state index contributed by atoms with van der Waals surface area (Å²) in [4.78, 5) is 15.8. The number of thiophene rings is 1. The Morgan fingerprint density at radius 3 is 2.86 bits per heavy atom. The van der Waals surface area contributed by atoms with Crippen molar-refractivity contribution in [3.8, 4) is 0 Å². The van der Waals surface area contributed by atoms with Crippen LogP contribution in [0.2, 0.25) is 5.02 Å². The Kier molecular flexibility index (Phi) is 3.92. The number of sulfonamides is 1. The van der Waals surface area contributed by atoms with Crippen LogP contribution in [0, 0.1) is 0 Å². The zero-order valence-electron chi connectivity index (χ0n) is 11.0. The number of aromatic nitrogens is 1. The van der Waals surface area contributed by atoms with Crippen LogP contribution < -0.4 is 10.3 Å². The van der Waals surface area contributed by atoms with Crippen LogP contribution in [-0.4, -0.2) is 13.4 Å². The molecule has 8 heteroatoms. The highest BCUT2D eigenvalue weighted by molar-refractivity contribution is 7.89. The molecular formula is C13H13ClN2O3S2. The number of aromatic amines is 1. The summed E-state index contributed by atoms with van der Waals surface area (Å²) in [5.41, 5.74) is 0.826. The van der Waals surface area contributed by atoms with Crippen LogP contribution in [0.3, 0.4) is 0 Å². The van der Waals surface area contributed by atoms with E-state index in [-0.39, 0.29) is 16.5 Å². The molecule has 0 atom stereocenters. The predicted octanol–water partition coefficient (Wildman–Crippen LogP) is 2.06. The summed E-state index contributed by atoms with van der Waals surface area (Å²) >= 11 is 7.31. The highest BCUT2D eigenvalue weighted by Gasteiger charge is 2.18. The third kappa shape index (κ3) is 3.06. The molecule has 0 fully saturated rings. The van der Waals surface area contributed by atoms with Gasteiger partial charge in [-0.05, 0) is 37.0 Å². The van der Waals surface area contributed by atoms with E-state index in [1.807, 2.05) is 0 Å². The highest BCUT2D eigenvalue weighted by atomic mass is 35.5. The number of hydrogen-bond acceptors (Lipinski definition) is 4. The first-order chi connectivity index (χ1) is 9.95. The first-order valence-electron chi connectivity index (χ1n) is 6.44. The Morgan fingerprint density at radius 2 is 2.14 bits per heavy atom. The van der Waals surface area contributed by atoms with Gasteiger partial charge in [0.05, 0.1) is 4.90 Å². The average Bonchev–Trinajstić information content (AvgIpc) is 3.00. The molecule has 0 aliphatic heterocycles. The summed E-state index contributed by atoms with van der Waals surface area (Å²) in [6.45, 7) is 0.247. The Bertz CT molecular complexity index is 818. The number of H-pyrrole nitrogens is 1. The van der Waals surface area contributed by atoms with Gasteiger partial charge in [-0.15, -0.1) is 11.3 Å². The fourth-order valence-corrected chi connectivity index (χ4v) is 4.85. The maximum atomic E-state index is 12.2. The molecule has 0 saturated carbocycles. The minimum atomic E-state index is -3.69. The van der Waals surface area contributed by atoms with Crippen LogP contribution in [0.4, 0.5) is 0 Å². The lowest BCUT2D eigenvalue weighted by Crippen LogP contribution is -2.24. The van der Waals surface area contributed by atoms with Gasteiger partial charge < -0.3 is 4.98 Å². The zero-order chi connectivity index (χ0) is 15.0. The van der Waals surface area contributed by atoms with E-state index in [1.165, 1.54) is 16.9 Å². The first-order valence-corrected chi connectivity index (χ1v) is 9.12. The van der Waals surface area contributed by atoms with Crippen molar-refractivity contribution in [2.45, 2.75) is 30.7 Å². The maximum absolute atomic E-state index is 12.2. The molecule has 0 radical (unpaired) electrons. The number of hydrogen-bond donors (Lipinski definition) is 2. The van der Waals surface area contributed by atoms with Gasteiger partial charge in [0.2, 0.25) is 10.0 Å². The lowest BCUT2D eigenvalue weighted by Gasteiger charge is -2.05. The van der Waals surface area contributed by atoms with E-state index in [1.54, 1.807) is 11.3 Å². The smallest absolute Gasteiger partial charge is 0.266 e. The summed E-state index contributed by atoms with van der Waals surface area (Å²) in [5.74, 6) is 0. The van der Waals surface area contributed by atoms with E-state index in [2.05, 4.69) is 15.8 Å². The summed E-state index contributed by atoms with van der Waals surface area (Å²) in [6, 6.07) is 3.21. The van der Waals surface area contributed by atoms with Crippen LogP contribution in [0.1, 0.15) is 21.7 Å². The summed E-state index contributed by atoms with van der Waals surface area (Å²) < 4.78 is 26.8. The molecule has 21 heavy (non-hydrogen) atoms. The van der Waals surface area contributed by atoms with Crippen LogP contribution >= 0.6 is 22.9 Å². The molecule has 5 nitrogen and oxygen atoms in total. The number of fused-ring (bicyclic) bond motifs is 1. The van der Waals surface area contributed by atoms with Gasteiger partial charge in [-0.3, -0.25) is 4.79 Å². The van der Waals surface area contributed by atoms with Crippen LogP contribution in [0.15, 0.2) is 28.0 Å². The van der Waals surface area contributed by atoms with Crippen molar-refractivity contribution in [3.63, 3.8) is 0 Å². The second-order valence-electron chi connectivity index (χ2n) is 4.85. The third-order valence-corrected chi connectivity index (χ3v) is 6.27. The third-order valence-electron chi connectivity index (χ3n) is 3.38. The topological polar surface area (TPSA) is 79.0 Å². The van der Waals surface area contributed by atoms with Crippen molar-refractivity contribution in [2.75, 3.05) is 0 Å². The molecule has 2 N–H and O–H groups in total. The normalized spacial score (nSPS) is 14.3. The number of nitrogens with one attached hydrogen (secondary N) is 2. The first kappa shape index (κ1) is 14.8. The lowest BCUT2D eigenvalue weighted by atomic mass is 10.2. The zero-order valence-corrected chi connectivity index (χ0v) is 13.4. The summed E-state index contributed by atoms with van der Waals surface area (Å²) in [7, 11) is -3.69. The SMILES string of the molecule is O=c1[nH]cc(S(=O)(=O)NCc2cc3c(s2)CCC3)cc1Cl. The van der Waals surface area contributed by atoms with Gasteiger partial charge in [0, 0.05) is 22.5 Å². The average molecular weight is 345 g/mol. The van der Waals surface area contributed by atoms with Crippen molar-refractivity contribution >= 4 is 33.0 Å². The number of pyridine rings is 1. The second-order valence-corrected chi connectivity index (χ2v) is 8.25. The molecule has 1 aliphatic rings. The van der Waals surface area contributed by atoms with Gasteiger partial charge >= 0.3 is 0 Å². The van der Waals surface area contributed by atoms with E-state index in [0.717, 1.165) is 30.0 Å². The standard InChI is InChI=1S/C13H13ClN2O3S2/c14-11-5-10(7-15-13(11)17)21(18,19)16-6-9-4-8-2-1-3-12(8)20-9/h4-5,7,16H,1-3,6H2,(H,15,17). The molecule has 0 amide bonds. The Balaban J connectivity index is 1.76. The summed E-state index contributed by atoms with van der Waals surface area (Å²) in [5, 5.41) is -0.145. The van der Waals surface area contributed by atoms with Gasteiger partial charge in [-0.1, -0.05) is 11.6 Å². The minimum absolute atomic E-state index is 0.0452. The van der Waals surface area contributed by atoms with Gasteiger partial charge in [-0.25, -0.2) is 13.1 Å². The van der Waals surface area contributed by atoms with Gasteiger partial charge in [0.15, 0.2) is 0 Å². The monoisotopic (exact) mass is 344 g/mol. The van der Waals surface area contributed by atoms with Crippen molar-refractivity contribution < 1.29 is 8.42 Å². The van der Waals surface area contributed by atoms with Crippen LogP contribution in [-0.2, 0) is 29.4 Å². The van der Waals surface area contributed by atoms with E-state index < -0.39 is 15.6 Å². The lowest BCUT2D eigenvalue weighted by molar-refractivity contribution is 0.581. The molecule has 0 saturated heterocycles. The molecule has 2 aromatic heterocycles. The fourth-order valence-electron chi connectivity index (χ4n) is 2.32.